The van der Waals surface area contributed by atoms with Gasteiger partial charge < -0.3 is 11.1 Å². The molecule has 2 aliphatic carbocycles. The molecule has 0 amide bonds. The third-order valence-electron chi connectivity index (χ3n) is 5.37. The summed E-state index contributed by atoms with van der Waals surface area (Å²) in [6.45, 7) is 7.25. The van der Waals surface area contributed by atoms with Gasteiger partial charge in [0.15, 0.2) is 0 Å². The maximum atomic E-state index is 5.64. The number of anilines is 2. The summed E-state index contributed by atoms with van der Waals surface area (Å²) < 4.78 is 0. The zero-order valence-corrected chi connectivity index (χ0v) is 11.5. The fourth-order valence-electron chi connectivity index (χ4n) is 4.32. The van der Waals surface area contributed by atoms with Gasteiger partial charge in [0.1, 0.15) is 5.82 Å². The van der Waals surface area contributed by atoms with Crippen LogP contribution in [0.1, 0.15) is 40.0 Å². The summed E-state index contributed by atoms with van der Waals surface area (Å²) in [6.07, 6.45) is 5.95. The van der Waals surface area contributed by atoms with Crippen LogP contribution in [0.3, 0.4) is 0 Å². The Labute approximate surface area is 109 Å². The van der Waals surface area contributed by atoms with Crippen molar-refractivity contribution in [1.82, 2.24) is 4.98 Å². The van der Waals surface area contributed by atoms with E-state index in [2.05, 4.69) is 31.1 Å². The number of nitrogen functional groups attached to an aromatic ring is 1. The average molecular weight is 245 g/mol. The van der Waals surface area contributed by atoms with Crippen molar-refractivity contribution in [2.24, 2.45) is 16.7 Å². The second-order valence-corrected chi connectivity index (χ2v) is 6.96. The summed E-state index contributed by atoms with van der Waals surface area (Å²) in [6, 6.07) is 4.44. The van der Waals surface area contributed by atoms with Gasteiger partial charge in [0.2, 0.25) is 0 Å². The van der Waals surface area contributed by atoms with Crippen molar-refractivity contribution in [2.45, 2.75) is 46.1 Å². The Balaban J connectivity index is 1.86. The van der Waals surface area contributed by atoms with Gasteiger partial charge in [-0.15, -0.1) is 0 Å². The van der Waals surface area contributed by atoms with Gasteiger partial charge in [0.25, 0.3) is 0 Å². The molecule has 0 saturated heterocycles. The van der Waals surface area contributed by atoms with E-state index in [0.717, 1.165) is 11.6 Å². The predicted molar refractivity (Wildman–Crippen MR) is 75.3 cm³/mol. The van der Waals surface area contributed by atoms with Crippen LogP contribution in [0, 0.1) is 16.7 Å². The van der Waals surface area contributed by atoms with Crippen LogP contribution in [-0.2, 0) is 0 Å². The maximum absolute atomic E-state index is 5.64. The van der Waals surface area contributed by atoms with Gasteiger partial charge in [-0.2, -0.15) is 0 Å². The van der Waals surface area contributed by atoms with Crippen molar-refractivity contribution in [3.8, 4) is 0 Å². The summed E-state index contributed by atoms with van der Waals surface area (Å²) >= 11 is 0. The molecule has 1 aromatic heterocycles. The number of hydrogen-bond acceptors (Lipinski definition) is 3. The van der Waals surface area contributed by atoms with E-state index in [9.17, 15) is 0 Å². The molecule has 2 bridgehead atoms. The minimum absolute atomic E-state index is 0.369. The third kappa shape index (κ3) is 1.60. The van der Waals surface area contributed by atoms with E-state index in [-0.39, 0.29) is 0 Å². The lowest BCUT2D eigenvalue weighted by Gasteiger charge is -2.43. The van der Waals surface area contributed by atoms with E-state index >= 15 is 0 Å². The number of fused-ring (bicyclic) bond motifs is 2. The van der Waals surface area contributed by atoms with Crippen LogP contribution in [0.5, 0.6) is 0 Å². The van der Waals surface area contributed by atoms with Gasteiger partial charge in [-0.1, -0.05) is 20.8 Å². The lowest BCUT2D eigenvalue weighted by Crippen LogP contribution is -2.45. The van der Waals surface area contributed by atoms with Gasteiger partial charge in [-0.25, -0.2) is 4.98 Å². The fraction of sp³-hybridized carbons (Fsp3) is 0.667. The van der Waals surface area contributed by atoms with Gasteiger partial charge in [0.05, 0.1) is 11.9 Å². The van der Waals surface area contributed by atoms with Crippen LogP contribution in [0.25, 0.3) is 0 Å². The lowest BCUT2D eigenvalue weighted by atomic mass is 9.68. The van der Waals surface area contributed by atoms with Gasteiger partial charge in [0, 0.05) is 6.04 Å². The van der Waals surface area contributed by atoms with E-state index < -0.39 is 0 Å². The SMILES string of the molecule is CC12CCC(C1)C(C)(C)C2Nc1ccc(N)nc1. The monoisotopic (exact) mass is 245 g/mol. The molecule has 3 unspecified atom stereocenters. The van der Waals surface area contributed by atoms with Crippen molar-refractivity contribution < 1.29 is 0 Å². The van der Waals surface area contributed by atoms with Crippen LogP contribution in [0.15, 0.2) is 18.3 Å². The summed E-state index contributed by atoms with van der Waals surface area (Å²) in [5.41, 5.74) is 7.54. The zero-order chi connectivity index (χ0) is 13.0. The molecule has 3 nitrogen and oxygen atoms in total. The minimum Gasteiger partial charge on any atom is -0.384 e. The first kappa shape index (κ1) is 11.8. The lowest BCUT2D eigenvalue weighted by molar-refractivity contribution is 0.155. The first-order valence-corrected chi connectivity index (χ1v) is 6.90. The predicted octanol–water partition coefficient (Wildman–Crippen LogP) is 3.29. The van der Waals surface area contributed by atoms with Gasteiger partial charge in [-0.3, -0.25) is 0 Å². The Hall–Kier alpha value is -1.25. The topological polar surface area (TPSA) is 50.9 Å². The molecule has 0 aliphatic heterocycles. The van der Waals surface area contributed by atoms with Crippen molar-refractivity contribution >= 4 is 11.5 Å². The highest BCUT2D eigenvalue weighted by Crippen LogP contribution is 2.63. The molecule has 0 spiro atoms. The zero-order valence-electron chi connectivity index (χ0n) is 11.5. The first-order chi connectivity index (χ1) is 8.42. The summed E-state index contributed by atoms with van der Waals surface area (Å²) in [5.74, 6) is 1.45. The minimum atomic E-state index is 0.369. The van der Waals surface area contributed by atoms with E-state index in [4.69, 9.17) is 5.73 Å². The third-order valence-corrected chi connectivity index (χ3v) is 5.37. The number of rotatable bonds is 2. The van der Waals surface area contributed by atoms with Crippen molar-refractivity contribution in [1.29, 1.82) is 0 Å². The molecule has 0 radical (unpaired) electrons. The molecular formula is C15H23N3. The van der Waals surface area contributed by atoms with Crippen LogP contribution in [0.4, 0.5) is 11.5 Å². The second kappa shape index (κ2) is 3.62. The second-order valence-electron chi connectivity index (χ2n) is 6.96. The van der Waals surface area contributed by atoms with Crippen molar-refractivity contribution in [3.05, 3.63) is 18.3 Å². The summed E-state index contributed by atoms with van der Waals surface area (Å²) in [5, 5.41) is 3.71. The van der Waals surface area contributed by atoms with E-state index in [1.807, 2.05) is 18.3 Å². The smallest absolute Gasteiger partial charge is 0.123 e. The Bertz CT molecular complexity index is 447. The first-order valence-electron chi connectivity index (χ1n) is 6.90. The molecule has 3 heteroatoms. The standard InChI is InChI=1S/C15H23N3/c1-14(2)10-6-7-15(3,8-10)13(14)18-11-4-5-12(16)17-9-11/h4-5,9-10,13,18H,6-8H2,1-3H3,(H2,16,17). The van der Waals surface area contributed by atoms with Crippen LogP contribution in [0.2, 0.25) is 0 Å². The van der Waals surface area contributed by atoms with Crippen LogP contribution >= 0.6 is 0 Å². The van der Waals surface area contributed by atoms with Crippen molar-refractivity contribution in [3.63, 3.8) is 0 Å². The summed E-state index contributed by atoms with van der Waals surface area (Å²) in [7, 11) is 0. The molecule has 2 aliphatic rings. The fourth-order valence-corrected chi connectivity index (χ4v) is 4.32. The Morgan fingerprint density at radius 1 is 1.33 bits per heavy atom. The average Bonchev–Trinajstić information content (AvgIpc) is 2.78. The molecule has 1 aromatic rings. The number of pyridine rings is 1. The Kier molecular flexibility index (Phi) is 2.38. The quantitative estimate of drug-likeness (QED) is 0.840. The number of nitrogens with one attached hydrogen (secondary N) is 1. The van der Waals surface area contributed by atoms with E-state index in [1.54, 1.807) is 0 Å². The van der Waals surface area contributed by atoms with Gasteiger partial charge in [-0.05, 0) is 48.1 Å². The number of hydrogen-bond donors (Lipinski definition) is 2. The highest BCUT2D eigenvalue weighted by atomic mass is 15.0. The molecule has 0 aromatic carbocycles. The molecule has 2 fully saturated rings. The number of aromatic nitrogens is 1. The molecule has 98 valence electrons. The van der Waals surface area contributed by atoms with Crippen molar-refractivity contribution in [2.75, 3.05) is 11.1 Å². The number of nitrogens with zero attached hydrogens (tertiary/aromatic N) is 1. The molecule has 2 saturated carbocycles. The van der Waals surface area contributed by atoms with Crippen LogP contribution < -0.4 is 11.1 Å². The molecule has 1 heterocycles. The normalized spacial score (nSPS) is 36.8. The highest BCUT2D eigenvalue weighted by molar-refractivity contribution is 5.47. The van der Waals surface area contributed by atoms with E-state index in [0.29, 0.717) is 22.7 Å². The Morgan fingerprint density at radius 3 is 2.67 bits per heavy atom. The molecule has 3 N–H and O–H groups in total. The van der Waals surface area contributed by atoms with E-state index in [1.165, 1.54) is 19.3 Å². The summed E-state index contributed by atoms with van der Waals surface area (Å²) in [4.78, 5) is 4.17. The largest absolute Gasteiger partial charge is 0.384 e. The highest BCUT2D eigenvalue weighted by Gasteiger charge is 2.59. The molecule has 3 rings (SSSR count). The number of nitrogens with two attached hydrogens (primary N) is 1. The molecule has 18 heavy (non-hydrogen) atoms. The Morgan fingerprint density at radius 2 is 2.11 bits per heavy atom. The van der Waals surface area contributed by atoms with Crippen LogP contribution in [-0.4, -0.2) is 11.0 Å². The maximum Gasteiger partial charge on any atom is 0.123 e. The molecular weight excluding hydrogens is 222 g/mol. The molecule has 3 atom stereocenters. The van der Waals surface area contributed by atoms with Gasteiger partial charge >= 0.3 is 0 Å².